The van der Waals surface area contributed by atoms with E-state index in [4.69, 9.17) is 5.73 Å². The van der Waals surface area contributed by atoms with Crippen molar-refractivity contribution in [3.05, 3.63) is 29.8 Å². The van der Waals surface area contributed by atoms with Gasteiger partial charge < -0.3 is 10.6 Å². The minimum Gasteiger partial charge on any atom is -0.369 e. The molecule has 0 spiro atoms. The topological polar surface area (TPSA) is 29.3 Å². The molecule has 0 aromatic heterocycles. The molecule has 94 valence electrons. The maximum Gasteiger partial charge on any atom is 0.0416 e. The number of para-hydroxylation sites is 1. The quantitative estimate of drug-likeness (QED) is 0.846. The minimum absolute atomic E-state index is 0.113. The molecule has 0 saturated carbocycles. The van der Waals surface area contributed by atoms with Crippen LogP contribution in [0.25, 0.3) is 0 Å². The van der Waals surface area contributed by atoms with Crippen LogP contribution >= 0.6 is 0 Å². The van der Waals surface area contributed by atoms with Gasteiger partial charge in [0, 0.05) is 24.3 Å². The van der Waals surface area contributed by atoms with E-state index >= 15 is 0 Å². The molecule has 1 fully saturated rings. The molecular weight excluding hydrogens is 208 g/mol. The molecule has 17 heavy (non-hydrogen) atoms. The summed E-state index contributed by atoms with van der Waals surface area (Å²) in [6.07, 6.45) is 5.32. The highest BCUT2D eigenvalue weighted by Gasteiger charge is 2.20. The lowest BCUT2D eigenvalue weighted by atomic mass is 10.0. The third-order valence-electron chi connectivity index (χ3n) is 3.79. The standard InChI is InChI=1S/C15H24N2/c1-12-8-4-3-7-11-17(12)15-10-6-5-9-14(15)13(2)16/h5-6,9-10,12-13H,3-4,7-8,11,16H2,1-2H3/t12?,13-/m1/s1. The van der Waals surface area contributed by atoms with Gasteiger partial charge in [-0.05, 0) is 38.3 Å². The fourth-order valence-corrected chi connectivity index (χ4v) is 2.77. The Kier molecular flexibility index (Phi) is 4.06. The van der Waals surface area contributed by atoms with E-state index in [9.17, 15) is 0 Å². The van der Waals surface area contributed by atoms with E-state index in [1.165, 1.54) is 43.5 Å². The van der Waals surface area contributed by atoms with Gasteiger partial charge in [-0.2, -0.15) is 0 Å². The summed E-state index contributed by atoms with van der Waals surface area (Å²) in [6.45, 7) is 5.58. The summed E-state index contributed by atoms with van der Waals surface area (Å²) in [5, 5.41) is 0. The van der Waals surface area contributed by atoms with Gasteiger partial charge in [0.15, 0.2) is 0 Å². The van der Waals surface area contributed by atoms with Crippen LogP contribution in [0.3, 0.4) is 0 Å². The average molecular weight is 232 g/mol. The zero-order valence-electron chi connectivity index (χ0n) is 11.0. The summed E-state index contributed by atoms with van der Waals surface area (Å²) < 4.78 is 0. The second kappa shape index (κ2) is 5.54. The van der Waals surface area contributed by atoms with Gasteiger partial charge >= 0.3 is 0 Å². The molecule has 0 radical (unpaired) electrons. The van der Waals surface area contributed by atoms with Crippen molar-refractivity contribution in [2.45, 2.75) is 51.6 Å². The van der Waals surface area contributed by atoms with Gasteiger partial charge in [-0.25, -0.2) is 0 Å². The second-order valence-corrected chi connectivity index (χ2v) is 5.24. The normalized spacial score (nSPS) is 23.2. The van der Waals surface area contributed by atoms with Gasteiger partial charge in [-0.1, -0.05) is 31.0 Å². The highest BCUT2D eigenvalue weighted by molar-refractivity contribution is 5.55. The second-order valence-electron chi connectivity index (χ2n) is 5.24. The Labute approximate surface area is 105 Å². The van der Waals surface area contributed by atoms with Crippen LogP contribution in [0.2, 0.25) is 0 Å². The SMILES string of the molecule is CC1CCCCCN1c1ccccc1[C@@H](C)N. The summed E-state index contributed by atoms with van der Waals surface area (Å²) in [4.78, 5) is 2.55. The van der Waals surface area contributed by atoms with Crippen LogP contribution in [0, 0.1) is 0 Å². The highest BCUT2D eigenvalue weighted by Crippen LogP contribution is 2.29. The molecule has 1 aromatic carbocycles. The Balaban J connectivity index is 2.30. The van der Waals surface area contributed by atoms with Crippen molar-refractivity contribution in [1.82, 2.24) is 0 Å². The van der Waals surface area contributed by atoms with Crippen LogP contribution in [0.5, 0.6) is 0 Å². The van der Waals surface area contributed by atoms with Crippen LogP contribution in [-0.2, 0) is 0 Å². The van der Waals surface area contributed by atoms with Gasteiger partial charge in [0.2, 0.25) is 0 Å². The van der Waals surface area contributed by atoms with Crippen molar-refractivity contribution in [3.8, 4) is 0 Å². The van der Waals surface area contributed by atoms with Crippen molar-refractivity contribution >= 4 is 5.69 Å². The van der Waals surface area contributed by atoms with E-state index in [2.05, 4.69) is 43.0 Å². The lowest BCUT2D eigenvalue weighted by Crippen LogP contribution is -2.33. The largest absolute Gasteiger partial charge is 0.369 e. The van der Waals surface area contributed by atoms with Crippen LogP contribution in [0.4, 0.5) is 5.69 Å². The first-order chi connectivity index (χ1) is 8.20. The van der Waals surface area contributed by atoms with Crippen molar-refractivity contribution in [3.63, 3.8) is 0 Å². The fraction of sp³-hybridized carbons (Fsp3) is 0.600. The number of nitrogens with two attached hydrogens (primary N) is 1. The molecule has 2 heteroatoms. The number of benzene rings is 1. The molecule has 2 atom stereocenters. The van der Waals surface area contributed by atoms with E-state index in [-0.39, 0.29) is 6.04 Å². The lowest BCUT2D eigenvalue weighted by Gasteiger charge is -2.32. The Morgan fingerprint density at radius 2 is 2.00 bits per heavy atom. The van der Waals surface area contributed by atoms with E-state index < -0.39 is 0 Å². The van der Waals surface area contributed by atoms with Crippen molar-refractivity contribution < 1.29 is 0 Å². The molecular formula is C15H24N2. The smallest absolute Gasteiger partial charge is 0.0416 e. The number of anilines is 1. The molecule has 0 bridgehead atoms. The van der Waals surface area contributed by atoms with E-state index in [0.29, 0.717) is 6.04 Å². The van der Waals surface area contributed by atoms with Gasteiger partial charge in [0.1, 0.15) is 0 Å². The molecule has 1 unspecified atom stereocenters. The molecule has 1 heterocycles. The van der Waals surface area contributed by atoms with Crippen LogP contribution in [0.15, 0.2) is 24.3 Å². The van der Waals surface area contributed by atoms with Gasteiger partial charge in [0.25, 0.3) is 0 Å². The number of hydrogen-bond donors (Lipinski definition) is 1. The van der Waals surface area contributed by atoms with E-state index in [1.807, 2.05) is 0 Å². The summed E-state index contributed by atoms with van der Waals surface area (Å²) in [6, 6.07) is 9.35. The molecule has 2 rings (SSSR count). The minimum atomic E-state index is 0.113. The monoisotopic (exact) mass is 232 g/mol. The number of rotatable bonds is 2. The maximum atomic E-state index is 6.08. The fourth-order valence-electron chi connectivity index (χ4n) is 2.77. The van der Waals surface area contributed by atoms with Gasteiger partial charge in [0.05, 0.1) is 0 Å². The summed E-state index contributed by atoms with van der Waals surface area (Å²) in [5.41, 5.74) is 8.70. The van der Waals surface area contributed by atoms with Crippen molar-refractivity contribution in [2.75, 3.05) is 11.4 Å². The van der Waals surface area contributed by atoms with Crippen LogP contribution < -0.4 is 10.6 Å². The predicted molar refractivity (Wildman–Crippen MR) is 74.3 cm³/mol. The van der Waals surface area contributed by atoms with Crippen molar-refractivity contribution in [1.29, 1.82) is 0 Å². The molecule has 2 N–H and O–H groups in total. The Hall–Kier alpha value is -1.02. The molecule has 0 amide bonds. The molecule has 1 aliphatic rings. The first-order valence-corrected chi connectivity index (χ1v) is 6.81. The zero-order valence-corrected chi connectivity index (χ0v) is 11.0. The number of nitrogens with zero attached hydrogens (tertiary/aromatic N) is 1. The molecule has 1 saturated heterocycles. The average Bonchev–Trinajstić information content (AvgIpc) is 2.54. The first kappa shape index (κ1) is 12.4. The number of hydrogen-bond acceptors (Lipinski definition) is 2. The third kappa shape index (κ3) is 2.81. The Morgan fingerprint density at radius 3 is 2.76 bits per heavy atom. The third-order valence-corrected chi connectivity index (χ3v) is 3.79. The molecule has 2 nitrogen and oxygen atoms in total. The molecule has 0 aliphatic carbocycles. The Morgan fingerprint density at radius 1 is 1.24 bits per heavy atom. The van der Waals surface area contributed by atoms with Crippen LogP contribution in [-0.4, -0.2) is 12.6 Å². The summed E-state index contributed by atoms with van der Waals surface area (Å²) >= 11 is 0. The van der Waals surface area contributed by atoms with Gasteiger partial charge in [-0.3, -0.25) is 0 Å². The Bertz CT molecular complexity index is 360. The predicted octanol–water partition coefficient (Wildman–Crippen LogP) is 3.48. The summed E-state index contributed by atoms with van der Waals surface area (Å²) in [7, 11) is 0. The molecule has 1 aliphatic heterocycles. The van der Waals surface area contributed by atoms with E-state index in [1.54, 1.807) is 0 Å². The first-order valence-electron chi connectivity index (χ1n) is 6.81. The summed E-state index contributed by atoms with van der Waals surface area (Å²) in [5.74, 6) is 0. The maximum absolute atomic E-state index is 6.08. The molecule has 1 aromatic rings. The lowest BCUT2D eigenvalue weighted by molar-refractivity contribution is 0.612. The van der Waals surface area contributed by atoms with Crippen molar-refractivity contribution in [2.24, 2.45) is 5.73 Å². The highest BCUT2D eigenvalue weighted by atomic mass is 15.2. The van der Waals surface area contributed by atoms with E-state index in [0.717, 1.165) is 0 Å². The van der Waals surface area contributed by atoms with Gasteiger partial charge in [-0.15, -0.1) is 0 Å². The zero-order chi connectivity index (χ0) is 12.3. The van der Waals surface area contributed by atoms with Crippen LogP contribution in [0.1, 0.15) is 51.1 Å².